The van der Waals surface area contributed by atoms with Crippen LogP contribution in [0.1, 0.15) is 34.5 Å². The number of nitrogens with one attached hydrogen (secondary N) is 3. The number of hydrogen-bond donors (Lipinski definition) is 5. The van der Waals surface area contributed by atoms with Crippen LogP contribution >= 0.6 is 0 Å². The molecule has 7 N–H and O–H groups in total. The van der Waals surface area contributed by atoms with E-state index in [9.17, 15) is 9.59 Å². The van der Waals surface area contributed by atoms with E-state index < -0.39 is 0 Å². The smallest absolute Gasteiger partial charge is 0.226 e. The number of Topliss-reactive ketones (excluding diaryl/α,β-unsaturated/α-hetero) is 1. The Kier molecular flexibility index (Phi) is 8.12. The van der Waals surface area contributed by atoms with Gasteiger partial charge in [0.05, 0.1) is 24.5 Å². The number of allylic oxidation sites excluding steroid dienone is 2. The number of amides is 1. The molecule has 0 fully saturated rings. The summed E-state index contributed by atoms with van der Waals surface area (Å²) in [5, 5.41) is 6.41. The van der Waals surface area contributed by atoms with Crippen LogP contribution in [-0.4, -0.2) is 65.3 Å². The van der Waals surface area contributed by atoms with Crippen molar-refractivity contribution in [2.45, 2.75) is 25.3 Å². The van der Waals surface area contributed by atoms with E-state index in [0.29, 0.717) is 50.3 Å². The van der Waals surface area contributed by atoms with Crippen LogP contribution in [0.5, 0.6) is 0 Å². The van der Waals surface area contributed by atoms with Crippen LogP contribution in [-0.2, 0) is 11.2 Å². The van der Waals surface area contributed by atoms with Crippen molar-refractivity contribution in [3.63, 3.8) is 0 Å². The maximum Gasteiger partial charge on any atom is 0.226 e. The molecule has 1 atom stereocenters. The van der Waals surface area contributed by atoms with Crippen molar-refractivity contribution < 1.29 is 9.59 Å². The van der Waals surface area contributed by atoms with Gasteiger partial charge in [-0.25, -0.2) is 4.98 Å². The van der Waals surface area contributed by atoms with E-state index in [4.69, 9.17) is 11.5 Å². The Morgan fingerprint density at radius 2 is 2.06 bits per heavy atom. The summed E-state index contributed by atoms with van der Waals surface area (Å²) in [6, 6.07) is 5.68. The van der Waals surface area contributed by atoms with Crippen LogP contribution < -0.4 is 22.1 Å². The second-order valence-electron chi connectivity index (χ2n) is 8.72. The fraction of sp³-hybridized carbons (Fsp3) is 0.346. The van der Waals surface area contributed by atoms with Gasteiger partial charge in [-0.3, -0.25) is 9.59 Å². The van der Waals surface area contributed by atoms with Crippen LogP contribution in [0.15, 0.2) is 60.6 Å². The SMILES string of the molecule is NCCN(CCCC(=O)c1cccc2c1NC1C=CC=CC1=C2N)CCNC(=O)Cc1cnc[nH]1. The molecule has 1 amide bonds. The normalized spacial score (nSPS) is 16.1. The van der Waals surface area contributed by atoms with E-state index >= 15 is 0 Å². The lowest BCUT2D eigenvalue weighted by molar-refractivity contribution is -0.120. The maximum atomic E-state index is 13.1. The number of fused-ring (bicyclic) bond motifs is 2. The van der Waals surface area contributed by atoms with Crippen LogP contribution in [0.2, 0.25) is 0 Å². The predicted octanol–water partition coefficient (Wildman–Crippen LogP) is 1.58. The highest BCUT2D eigenvalue weighted by Crippen LogP contribution is 2.36. The van der Waals surface area contributed by atoms with Crippen LogP contribution in [0.3, 0.4) is 0 Å². The summed E-state index contributed by atoms with van der Waals surface area (Å²) in [6.45, 7) is 3.15. The quantitative estimate of drug-likeness (QED) is 0.293. The number of anilines is 1. The van der Waals surface area contributed by atoms with Gasteiger partial charge in [0.25, 0.3) is 0 Å². The third-order valence-electron chi connectivity index (χ3n) is 6.27. The lowest BCUT2D eigenvalue weighted by Gasteiger charge is -2.30. The van der Waals surface area contributed by atoms with Gasteiger partial charge in [-0.15, -0.1) is 0 Å². The standard InChI is InChI=1S/C26H33N7O2/c27-10-13-33(14-11-30-24(35)15-18-16-29-17-31-18)12-4-9-23(34)20-6-3-7-21-25(28)19-5-1-2-8-22(19)32-26(20)21/h1-3,5-8,16-17,22,32H,4,9-15,27-28H2,(H,29,31)(H,30,35). The van der Waals surface area contributed by atoms with Crippen molar-refractivity contribution in [2.75, 3.05) is 38.0 Å². The molecular weight excluding hydrogens is 442 g/mol. The average molecular weight is 476 g/mol. The third-order valence-corrected chi connectivity index (χ3v) is 6.27. The molecule has 0 saturated carbocycles. The Hall–Kier alpha value is -3.69. The van der Waals surface area contributed by atoms with Gasteiger partial charge in [0.15, 0.2) is 5.78 Å². The Morgan fingerprint density at radius 1 is 1.17 bits per heavy atom. The first-order valence-corrected chi connectivity index (χ1v) is 12.0. The largest absolute Gasteiger partial charge is 0.398 e. The minimum atomic E-state index is -0.0572. The molecule has 1 aromatic carbocycles. The highest BCUT2D eigenvalue weighted by Gasteiger charge is 2.26. The topological polar surface area (TPSA) is 142 Å². The predicted molar refractivity (Wildman–Crippen MR) is 138 cm³/mol. The summed E-state index contributed by atoms with van der Waals surface area (Å²) < 4.78 is 0. The van der Waals surface area contributed by atoms with Gasteiger partial charge >= 0.3 is 0 Å². The van der Waals surface area contributed by atoms with Crippen LogP contribution in [0, 0.1) is 0 Å². The maximum absolute atomic E-state index is 13.1. The Bertz CT molecular complexity index is 1130. The molecule has 1 aliphatic carbocycles. The Morgan fingerprint density at radius 3 is 2.86 bits per heavy atom. The number of aromatic amines is 1. The molecule has 35 heavy (non-hydrogen) atoms. The highest BCUT2D eigenvalue weighted by atomic mass is 16.1. The van der Waals surface area contributed by atoms with Gasteiger partial charge in [0.2, 0.25) is 5.91 Å². The number of nitrogens with zero attached hydrogens (tertiary/aromatic N) is 2. The van der Waals surface area contributed by atoms with Gasteiger partial charge in [-0.05, 0) is 19.0 Å². The summed E-state index contributed by atoms with van der Waals surface area (Å²) in [5.74, 6) is 0.0275. The van der Waals surface area contributed by atoms with Gasteiger partial charge < -0.3 is 32.0 Å². The van der Waals surface area contributed by atoms with Crippen molar-refractivity contribution >= 4 is 23.1 Å². The first kappa shape index (κ1) is 24.4. The zero-order valence-corrected chi connectivity index (χ0v) is 19.8. The molecule has 2 aliphatic rings. The van der Waals surface area contributed by atoms with E-state index in [1.54, 1.807) is 12.5 Å². The molecule has 0 spiro atoms. The van der Waals surface area contributed by atoms with Crippen molar-refractivity contribution in [1.82, 2.24) is 20.2 Å². The second kappa shape index (κ2) is 11.6. The molecular formula is C26H33N7O2. The lowest BCUT2D eigenvalue weighted by atomic mass is 9.89. The minimum Gasteiger partial charge on any atom is -0.398 e. The van der Waals surface area contributed by atoms with Crippen molar-refractivity contribution in [2.24, 2.45) is 11.5 Å². The Balaban J connectivity index is 1.29. The van der Waals surface area contributed by atoms with E-state index in [2.05, 4.69) is 25.5 Å². The molecule has 1 unspecified atom stereocenters. The molecule has 2 heterocycles. The lowest BCUT2D eigenvalue weighted by Crippen LogP contribution is -2.38. The number of imidazole rings is 1. The highest BCUT2D eigenvalue weighted by molar-refractivity contribution is 6.04. The molecule has 1 aromatic heterocycles. The fourth-order valence-electron chi connectivity index (χ4n) is 4.49. The monoisotopic (exact) mass is 475 g/mol. The molecule has 1 aliphatic heterocycles. The minimum absolute atomic E-state index is 0.0232. The van der Waals surface area contributed by atoms with Gasteiger partial charge in [-0.2, -0.15) is 0 Å². The van der Waals surface area contributed by atoms with Crippen molar-refractivity contribution in [3.05, 3.63) is 77.4 Å². The number of nitrogens with two attached hydrogens (primary N) is 2. The molecule has 4 rings (SSSR count). The number of rotatable bonds is 12. The number of carbonyl (C=O) groups is 2. The summed E-state index contributed by atoms with van der Waals surface area (Å²) >= 11 is 0. The molecule has 2 aromatic rings. The summed E-state index contributed by atoms with van der Waals surface area (Å²) in [6.07, 6.45) is 12.6. The number of hydrogen-bond acceptors (Lipinski definition) is 7. The van der Waals surface area contributed by atoms with E-state index in [1.807, 2.05) is 42.5 Å². The summed E-state index contributed by atoms with van der Waals surface area (Å²) in [5.41, 5.74) is 17.1. The Labute approximate surface area is 205 Å². The van der Waals surface area contributed by atoms with Crippen LogP contribution in [0.25, 0.3) is 5.70 Å². The molecule has 184 valence electrons. The van der Waals surface area contributed by atoms with Crippen LogP contribution in [0.4, 0.5) is 5.69 Å². The zero-order valence-electron chi connectivity index (χ0n) is 19.8. The zero-order chi connectivity index (χ0) is 24.6. The molecule has 9 heteroatoms. The number of ketones is 1. The summed E-state index contributed by atoms with van der Waals surface area (Å²) in [4.78, 5) is 34.2. The van der Waals surface area contributed by atoms with Crippen molar-refractivity contribution in [3.8, 4) is 0 Å². The first-order valence-electron chi connectivity index (χ1n) is 12.0. The van der Waals surface area contributed by atoms with E-state index in [0.717, 1.165) is 29.1 Å². The van der Waals surface area contributed by atoms with Gasteiger partial charge in [0, 0.05) is 66.9 Å². The number of carbonyl (C=O) groups excluding carboxylic acids is 2. The van der Waals surface area contributed by atoms with Gasteiger partial charge in [-0.1, -0.05) is 36.4 Å². The number of para-hydroxylation sites is 1. The molecule has 0 saturated heterocycles. The third kappa shape index (κ3) is 6.06. The van der Waals surface area contributed by atoms with Gasteiger partial charge in [0.1, 0.15) is 0 Å². The molecule has 9 nitrogen and oxygen atoms in total. The van der Waals surface area contributed by atoms with E-state index in [1.165, 1.54) is 0 Å². The molecule has 0 radical (unpaired) electrons. The average Bonchev–Trinajstić information content (AvgIpc) is 3.37. The van der Waals surface area contributed by atoms with Crippen molar-refractivity contribution in [1.29, 1.82) is 0 Å². The second-order valence-corrected chi connectivity index (χ2v) is 8.72. The number of aromatic nitrogens is 2. The summed E-state index contributed by atoms with van der Waals surface area (Å²) in [7, 11) is 0. The number of H-pyrrole nitrogens is 1. The first-order chi connectivity index (χ1) is 17.1. The number of benzene rings is 1. The molecule has 0 bridgehead atoms. The fourth-order valence-corrected chi connectivity index (χ4v) is 4.49. The van der Waals surface area contributed by atoms with E-state index in [-0.39, 0.29) is 24.2 Å².